The van der Waals surface area contributed by atoms with E-state index in [0.717, 1.165) is 5.69 Å². The van der Waals surface area contributed by atoms with Crippen LogP contribution in [-0.4, -0.2) is 30.2 Å². The van der Waals surface area contributed by atoms with Crippen LogP contribution in [0, 0.1) is 13.8 Å². The summed E-state index contributed by atoms with van der Waals surface area (Å²) >= 11 is 0. The number of aromatic nitrogens is 1. The summed E-state index contributed by atoms with van der Waals surface area (Å²) in [5.41, 5.74) is 2.21. The standard InChI is InChI=1S/C13H19NO4/c1-6-14-9(4)10(12(15)17-5)8(3)11(14)13(16)18-7-2/h6-7H2,1-5H3. The van der Waals surface area contributed by atoms with Crippen LogP contribution >= 0.6 is 0 Å². The summed E-state index contributed by atoms with van der Waals surface area (Å²) in [5, 5.41) is 0. The van der Waals surface area contributed by atoms with E-state index in [4.69, 9.17) is 9.47 Å². The van der Waals surface area contributed by atoms with Gasteiger partial charge in [0.2, 0.25) is 0 Å². The molecule has 1 aromatic rings. The highest BCUT2D eigenvalue weighted by Crippen LogP contribution is 2.23. The van der Waals surface area contributed by atoms with E-state index < -0.39 is 11.9 Å². The summed E-state index contributed by atoms with van der Waals surface area (Å²) in [6.07, 6.45) is 0. The van der Waals surface area contributed by atoms with Gasteiger partial charge in [0, 0.05) is 12.2 Å². The number of nitrogens with zero attached hydrogens (tertiary/aromatic N) is 1. The molecule has 100 valence electrons. The normalized spacial score (nSPS) is 10.3. The molecule has 0 saturated carbocycles. The summed E-state index contributed by atoms with van der Waals surface area (Å²) < 4.78 is 11.5. The monoisotopic (exact) mass is 253 g/mol. The second kappa shape index (κ2) is 5.71. The minimum Gasteiger partial charge on any atom is -0.465 e. The molecule has 0 fully saturated rings. The van der Waals surface area contributed by atoms with Crippen LogP contribution in [0.25, 0.3) is 0 Å². The lowest BCUT2D eigenvalue weighted by Crippen LogP contribution is -2.13. The van der Waals surface area contributed by atoms with E-state index in [-0.39, 0.29) is 0 Å². The Bertz CT molecular complexity index is 474. The second-order valence-corrected chi connectivity index (χ2v) is 3.89. The molecule has 0 atom stereocenters. The average molecular weight is 253 g/mol. The molecule has 0 radical (unpaired) electrons. The van der Waals surface area contributed by atoms with Crippen molar-refractivity contribution in [3.63, 3.8) is 0 Å². The van der Waals surface area contributed by atoms with E-state index in [1.165, 1.54) is 7.11 Å². The third-order valence-electron chi connectivity index (χ3n) is 2.94. The average Bonchev–Trinajstić information content (AvgIpc) is 2.59. The lowest BCUT2D eigenvalue weighted by atomic mass is 10.1. The molecule has 5 nitrogen and oxygen atoms in total. The first-order valence-corrected chi connectivity index (χ1v) is 5.94. The van der Waals surface area contributed by atoms with Gasteiger partial charge in [0.05, 0.1) is 19.3 Å². The predicted molar refractivity (Wildman–Crippen MR) is 66.9 cm³/mol. The number of hydrogen-bond acceptors (Lipinski definition) is 4. The molecule has 0 bridgehead atoms. The SMILES string of the molecule is CCOC(=O)c1c(C)c(C(=O)OC)c(C)n1CC. The Morgan fingerprint density at radius 1 is 1.17 bits per heavy atom. The van der Waals surface area contributed by atoms with Crippen molar-refractivity contribution in [1.82, 2.24) is 4.57 Å². The van der Waals surface area contributed by atoms with Gasteiger partial charge in [-0.15, -0.1) is 0 Å². The Morgan fingerprint density at radius 3 is 2.22 bits per heavy atom. The Kier molecular flexibility index (Phi) is 4.53. The molecule has 1 heterocycles. The number of carbonyl (C=O) groups excluding carboxylic acids is 2. The zero-order valence-corrected chi connectivity index (χ0v) is 11.5. The number of esters is 2. The van der Waals surface area contributed by atoms with Crippen LogP contribution < -0.4 is 0 Å². The first-order valence-electron chi connectivity index (χ1n) is 5.94. The number of rotatable bonds is 4. The predicted octanol–water partition coefficient (Wildman–Crippen LogP) is 2.09. The summed E-state index contributed by atoms with van der Waals surface area (Å²) in [4.78, 5) is 23.7. The third-order valence-corrected chi connectivity index (χ3v) is 2.94. The van der Waals surface area contributed by atoms with E-state index in [0.29, 0.717) is 30.0 Å². The van der Waals surface area contributed by atoms with Gasteiger partial charge in [0.15, 0.2) is 0 Å². The van der Waals surface area contributed by atoms with Crippen LogP contribution in [0.1, 0.15) is 46.0 Å². The molecule has 0 amide bonds. The van der Waals surface area contributed by atoms with Crippen molar-refractivity contribution in [3.05, 3.63) is 22.5 Å². The molecular formula is C13H19NO4. The van der Waals surface area contributed by atoms with Crippen molar-refractivity contribution in [2.75, 3.05) is 13.7 Å². The lowest BCUT2D eigenvalue weighted by Gasteiger charge is -2.08. The fourth-order valence-corrected chi connectivity index (χ4v) is 2.16. The highest BCUT2D eigenvalue weighted by atomic mass is 16.5. The summed E-state index contributed by atoms with van der Waals surface area (Å²) in [5.74, 6) is -0.835. The number of hydrogen-bond donors (Lipinski definition) is 0. The minimum absolute atomic E-state index is 0.305. The van der Waals surface area contributed by atoms with E-state index >= 15 is 0 Å². The van der Waals surface area contributed by atoms with E-state index in [1.54, 1.807) is 25.3 Å². The van der Waals surface area contributed by atoms with Crippen LogP contribution in [-0.2, 0) is 16.0 Å². The number of carbonyl (C=O) groups is 2. The first-order chi connectivity index (χ1) is 8.49. The summed E-state index contributed by atoms with van der Waals surface area (Å²) in [6.45, 7) is 8.09. The van der Waals surface area contributed by atoms with E-state index in [9.17, 15) is 9.59 Å². The molecule has 18 heavy (non-hydrogen) atoms. The molecule has 0 aliphatic carbocycles. The zero-order chi connectivity index (χ0) is 13.9. The molecule has 0 spiro atoms. The second-order valence-electron chi connectivity index (χ2n) is 3.89. The zero-order valence-electron chi connectivity index (χ0n) is 11.5. The fraction of sp³-hybridized carbons (Fsp3) is 0.538. The molecule has 0 aliphatic heterocycles. The van der Waals surface area contributed by atoms with Gasteiger partial charge in [-0.3, -0.25) is 0 Å². The number of ether oxygens (including phenoxy) is 2. The van der Waals surface area contributed by atoms with Crippen molar-refractivity contribution in [2.45, 2.75) is 34.2 Å². The van der Waals surface area contributed by atoms with Crippen LogP contribution in [0.5, 0.6) is 0 Å². The summed E-state index contributed by atoms with van der Waals surface area (Å²) in [7, 11) is 1.33. The Labute approximate surface area is 107 Å². The van der Waals surface area contributed by atoms with Crippen molar-refractivity contribution in [2.24, 2.45) is 0 Å². The lowest BCUT2D eigenvalue weighted by molar-refractivity contribution is 0.0512. The van der Waals surface area contributed by atoms with E-state index in [1.807, 2.05) is 6.92 Å². The Balaban J connectivity index is 3.42. The maximum absolute atomic E-state index is 11.9. The topological polar surface area (TPSA) is 57.5 Å². The number of methoxy groups -OCH3 is 1. The maximum Gasteiger partial charge on any atom is 0.355 e. The van der Waals surface area contributed by atoms with Gasteiger partial charge in [0.1, 0.15) is 5.69 Å². The highest BCUT2D eigenvalue weighted by Gasteiger charge is 2.26. The van der Waals surface area contributed by atoms with Gasteiger partial charge in [-0.05, 0) is 33.3 Å². The van der Waals surface area contributed by atoms with Crippen LogP contribution in [0.2, 0.25) is 0 Å². The summed E-state index contributed by atoms with van der Waals surface area (Å²) in [6, 6.07) is 0. The van der Waals surface area contributed by atoms with Gasteiger partial charge in [-0.2, -0.15) is 0 Å². The molecule has 0 unspecified atom stereocenters. The Hall–Kier alpha value is -1.78. The van der Waals surface area contributed by atoms with Crippen LogP contribution in [0.4, 0.5) is 0 Å². The molecule has 0 aliphatic rings. The van der Waals surface area contributed by atoms with Crippen LogP contribution in [0.3, 0.4) is 0 Å². The molecule has 0 aromatic carbocycles. The van der Waals surface area contributed by atoms with Gasteiger partial charge >= 0.3 is 11.9 Å². The van der Waals surface area contributed by atoms with Gasteiger partial charge in [-0.25, -0.2) is 9.59 Å². The van der Waals surface area contributed by atoms with Gasteiger partial charge in [-0.1, -0.05) is 0 Å². The van der Waals surface area contributed by atoms with Crippen molar-refractivity contribution in [3.8, 4) is 0 Å². The largest absolute Gasteiger partial charge is 0.465 e. The van der Waals surface area contributed by atoms with Crippen molar-refractivity contribution < 1.29 is 19.1 Å². The fourth-order valence-electron chi connectivity index (χ4n) is 2.16. The molecule has 1 aromatic heterocycles. The molecule has 0 N–H and O–H groups in total. The molecule has 5 heteroatoms. The molecular weight excluding hydrogens is 234 g/mol. The quantitative estimate of drug-likeness (QED) is 0.771. The van der Waals surface area contributed by atoms with Crippen LogP contribution in [0.15, 0.2) is 0 Å². The van der Waals surface area contributed by atoms with Gasteiger partial charge in [0.25, 0.3) is 0 Å². The van der Waals surface area contributed by atoms with Gasteiger partial charge < -0.3 is 14.0 Å². The molecule has 0 saturated heterocycles. The minimum atomic E-state index is -0.428. The van der Waals surface area contributed by atoms with E-state index in [2.05, 4.69) is 0 Å². The first kappa shape index (κ1) is 14.3. The Morgan fingerprint density at radius 2 is 1.78 bits per heavy atom. The third kappa shape index (κ3) is 2.25. The maximum atomic E-state index is 11.9. The van der Waals surface area contributed by atoms with Crippen molar-refractivity contribution in [1.29, 1.82) is 0 Å². The van der Waals surface area contributed by atoms with Crippen molar-refractivity contribution >= 4 is 11.9 Å². The smallest absolute Gasteiger partial charge is 0.355 e. The highest BCUT2D eigenvalue weighted by molar-refractivity contribution is 5.98. The molecule has 1 rings (SSSR count).